The summed E-state index contributed by atoms with van der Waals surface area (Å²) in [7, 11) is 2.14. The van der Waals surface area contributed by atoms with Gasteiger partial charge in [0.1, 0.15) is 11.9 Å². The molecule has 0 bridgehead atoms. The number of ether oxygens (including phenoxy) is 1. The molecule has 5 heteroatoms. The highest BCUT2D eigenvalue weighted by Crippen LogP contribution is 2.33. The zero-order chi connectivity index (χ0) is 17.9. The molecule has 1 aromatic heterocycles. The van der Waals surface area contributed by atoms with Gasteiger partial charge in [0.25, 0.3) is 0 Å². The maximum absolute atomic E-state index is 6.30. The van der Waals surface area contributed by atoms with Crippen molar-refractivity contribution in [3.05, 3.63) is 76.9 Å². The van der Waals surface area contributed by atoms with Crippen molar-refractivity contribution in [1.29, 1.82) is 0 Å². The largest absolute Gasteiger partial charge is 0.486 e. The van der Waals surface area contributed by atoms with Crippen molar-refractivity contribution >= 4 is 11.6 Å². The molecule has 0 fully saturated rings. The van der Waals surface area contributed by atoms with Crippen LogP contribution in [0.15, 0.2) is 60.8 Å². The SMILES string of the molecule is CN1CCC(Oc2cccc(Cl)c2)c2ccc(-c3cccnn3)cc2C1. The van der Waals surface area contributed by atoms with Crippen LogP contribution in [0.2, 0.25) is 5.02 Å². The van der Waals surface area contributed by atoms with Crippen molar-refractivity contribution in [2.75, 3.05) is 13.6 Å². The van der Waals surface area contributed by atoms with E-state index in [0.29, 0.717) is 5.02 Å². The smallest absolute Gasteiger partial charge is 0.125 e. The molecule has 132 valence electrons. The Bertz CT molecular complexity index is 901. The number of benzene rings is 2. The van der Waals surface area contributed by atoms with Gasteiger partial charge in [0.15, 0.2) is 0 Å². The monoisotopic (exact) mass is 365 g/mol. The average molecular weight is 366 g/mol. The Morgan fingerprint density at radius 2 is 2.04 bits per heavy atom. The molecule has 0 saturated carbocycles. The highest BCUT2D eigenvalue weighted by molar-refractivity contribution is 6.30. The fourth-order valence-electron chi connectivity index (χ4n) is 3.36. The topological polar surface area (TPSA) is 38.2 Å². The first-order valence-electron chi connectivity index (χ1n) is 8.71. The Labute approximate surface area is 158 Å². The van der Waals surface area contributed by atoms with Crippen molar-refractivity contribution in [1.82, 2.24) is 15.1 Å². The van der Waals surface area contributed by atoms with Crippen LogP contribution in [-0.4, -0.2) is 28.7 Å². The minimum Gasteiger partial charge on any atom is -0.486 e. The highest BCUT2D eigenvalue weighted by atomic mass is 35.5. The van der Waals surface area contributed by atoms with Gasteiger partial charge in [-0.2, -0.15) is 10.2 Å². The van der Waals surface area contributed by atoms with Gasteiger partial charge in [-0.25, -0.2) is 0 Å². The van der Waals surface area contributed by atoms with Gasteiger partial charge in [-0.1, -0.05) is 29.8 Å². The van der Waals surface area contributed by atoms with Crippen molar-refractivity contribution in [2.45, 2.75) is 19.1 Å². The summed E-state index contributed by atoms with van der Waals surface area (Å²) in [5.74, 6) is 0.802. The van der Waals surface area contributed by atoms with Crippen molar-refractivity contribution < 1.29 is 4.74 Å². The second-order valence-electron chi connectivity index (χ2n) is 6.61. The molecular formula is C21H20ClN3O. The average Bonchev–Trinajstić information content (AvgIpc) is 2.81. The van der Waals surface area contributed by atoms with Crippen LogP contribution in [0, 0.1) is 0 Å². The van der Waals surface area contributed by atoms with Crippen LogP contribution in [0.25, 0.3) is 11.3 Å². The molecule has 2 aromatic carbocycles. The maximum atomic E-state index is 6.30. The van der Waals surface area contributed by atoms with Crippen LogP contribution in [0.1, 0.15) is 23.7 Å². The van der Waals surface area contributed by atoms with Crippen molar-refractivity contribution in [3.8, 4) is 17.0 Å². The summed E-state index contributed by atoms with van der Waals surface area (Å²) in [6.45, 7) is 1.86. The zero-order valence-corrected chi connectivity index (χ0v) is 15.4. The predicted molar refractivity (Wildman–Crippen MR) is 103 cm³/mol. The quantitative estimate of drug-likeness (QED) is 0.671. The molecule has 0 amide bonds. The summed E-state index contributed by atoms with van der Waals surface area (Å²) in [5, 5.41) is 8.90. The molecule has 1 atom stereocenters. The lowest BCUT2D eigenvalue weighted by Gasteiger charge is -2.20. The fourth-order valence-corrected chi connectivity index (χ4v) is 3.54. The molecule has 1 aliphatic heterocycles. The molecule has 4 rings (SSSR count). The Hall–Kier alpha value is -2.43. The summed E-state index contributed by atoms with van der Waals surface area (Å²) < 4.78 is 6.30. The number of nitrogens with zero attached hydrogens (tertiary/aromatic N) is 3. The van der Waals surface area contributed by atoms with Gasteiger partial charge in [0, 0.05) is 36.3 Å². The number of hydrogen-bond acceptors (Lipinski definition) is 4. The second-order valence-corrected chi connectivity index (χ2v) is 7.05. The van der Waals surface area contributed by atoms with Gasteiger partial charge in [0.05, 0.1) is 5.69 Å². The van der Waals surface area contributed by atoms with Crippen LogP contribution in [0.4, 0.5) is 0 Å². The van der Waals surface area contributed by atoms with Crippen LogP contribution < -0.4 is 4.74 Å². The number of halogens is 1. The van der Waals surface area contributed by atoms with Gasteiger partial charge in [-0.05, 0) is 54.6 Å². The lowest BCUT2D eigenvalue weighted by atomic mass is 9.97. The van der Waals surface area contributed by atoms with Gasteiger partial charge < -0.3 is 9.64 Å². The molecule has 0 N–H and O–H groups in total. The van der Waals surface area contributed by atoms with Crippen molar-refractivity contribution in [3.63, 3.8) is 0 Å². The molecule has 0 aliphatic carbocycles. The molecule has 3 aromatic rings. The molecule has 0 radical (unpaired) electrons. The van der Waals surface area contributed by atoms with Crippen LogP contribution in [0.5, 0.6) is 5.75 Å². The highest BCUT2D eigenvalue weighted by Gasteiger charge is 2.23. The third kappa shape index (κ3) is 3.71. The summed E-state index contributed by atoms with van der Waals surface area (Å²) >= 11 is 6.11. The van der Waals surface area contributed by atoms with E-state index in [4.69, 9.17) is 16.3 Å². The molecule has 1 unspecified atom stereocenters. The second kappa shape index (κ2) is 7.44. The number of hydrogen-bond donors (Lipinski definition) is 0. The van der Waals surface area contributed by atoms with Crippen LogP contribution >= 0.6 is 11.6 Å². The van der Waals surface area contributed by atoms with Gasteiger partial charge in [-0.15, -0.1) is 0 Å². The summed E-state index contributed by atoms with van der Waals surface area (Å²) in [6, 6.07) is 17.9. The standard InChI is InChI=1S/C21H20ClN3O/c1-25-11-9-21(26-18-5-2-4-17(22)13-18)19-8-7-15(12-16(19)14-25)20-6-3-10-23-24-20/h2-8,10,12-13,21H,9,11,14H2,1H3. The first kappa shape index (κ1) is 17.0. The first-order valence-corrected chi connectivity index (χ1v) is 9.08. The van der Waals surface area contributed by atoms with Gasteiger partial charge in [-0.3, -0.25) is 0 Å². The van der Waals surface area contributed by atoms with Crippen LogP contribution in [0.3, 0.4) is 0 Å². The fraction of sp³-hybridized carbons (Fsp3) is 0.238. The molecule has 2 heterocycles. The van der Waals surface area contributed by atoms with E-state index in [2.05, 4.69) is 40.3 Å². The summed E-state index contributed by atoms with van der Waals surface area (Å²) in [4.78, 5) is 2.32. The molecule has 4 nitrogen and oxygen atoms in total. The van der Waals surface area contributed by atoms with E-state index in [1.807, 2.05) is 36.4 Å². The van der Waals surface area contributed by atoms with Crippen LogP contribution in [-0.2, 0) is 6.54 Å². The lowest BCUT2D eigenvalue weighted by molar-refractivity contribution is 0.182. The minimum atomic E-state index is 0.00400. The summed E-state index contributed by atoms with van der Waals surface area (Å²) in [6.07, 6.45) is 2.63. The van der Waals surface area contributed by atoms with Crippen molar-refractivity contribution in [2.24, 2.45) is 0 Å². The van der Waals surface area contributed by atoms with E-state index >= 15 is 0 Å². The Morgan fingerprint density at radius 3 is 2.85 bits per heavy atom. The molecular weight excluding hydrogens is 346 g/mol. The van der Waals surface area contributed by atoms with E-state index < -0.39 is 0 Å². The van der Waals surface area contributed by atoms with E-state index in [1.165, 1.54) is 11.1 Å². The van der Waals surface area contributed by atoms with E-state index in [9.17, 15) is 0 Å². The van der Waals surface area contributed by atoms with E-state index in [-0.39, 0.29) is 6.10 Å². The lowest BCUT2D eigenvalue weighted by Crippen LogP contribution is -2.18. The third-order valence-electron chi connectivity index (χ3n) is 4.65. The number of fused-ring (bicyclic) bond motifs is 1. The third-order valence-corrected chi connectivity index (χ3v) is 4.88. The Morgan fingerprint density at radius 1 is 1.12 bits per heavy atom. The molecule has 0 saturated heterocycles. The summed E-state index contributed by atoms with van der Waals surface area (Å²) in [5.41, 5.74) is 4.45. The maximum Gasteiger partial charge on any atom is 0.125 e. The zero-order valence-electron chi connectivity index (χ0n) is 14.6. The van der Waals surface area contributed by atoms with E-state index in [1.54, 1.807) is 6.20 Å². The minimum absolute atomic E-state index is 0.00400. The number of rotatable bonds is 3. The normalized spacial score (nSPS) is 17.4. The van der Waals surface area contributed by atoms with E-state index in [0.717, 1.165) is 36.5 Å². The Balaban J connectivity index is 1.69. The first-order chi connectivity index (χ1) is 12.7. The predicted octanol–water partition coefficient (Wildman–Crippen LogP) is 4.75. The number of aromatic nitrogens is 2. The molecule has 0 spiro atoms. The molecule has 1 aliphatic rings. The van der Waals surface area contributed by atoms with Gasteiger partial charge >= 0.3 is 0 Å². The van der Waals surface area contributed by atoms with Gasteiger partial charge in [0.2, 0.25) is 0 Å². The molecule has 26 heavy (non-hydrogen) atoms. The Kier molecular flexibility index (Phi) is 4.87.